The lowest BCUT2D eigenvalue weighted by Crippen LogP contribution is -2.30. The van der Waals surface area contributed by atoms with Gasteiger partial charge in [0.15, 0.2) is 5.11 Å². The molecule has 0 fully saturated rings. The number of rotatable bonds is 3. The maximum absolute atomic E-state index is 5.42. The van der Waals surface area contributed by atoms with Crippen LogP contribution in [0.5, 0.6) is 0 Å². The van der Waals surface area contributed by atoms with Crippen LogP contribution in [-0.2, 0) is 12.8 Å². The van der Waals surface area contributed by atoms with Crippen LogP contribution in [0.3, 0.4) is 0 Å². The number of hydrogen-bond donors (Lipinski definition) is 2. The monoisotopic (exact) mass is 310 g/mol. The molecule has 0 saturated carbocycles. The molecule has 0 heterocycles. The van der Waals surface area contributed by atoms with Crippen LogP contribution in [0.2, 0.25) is 0 Å². The van der Waals surface area contributed by atoms with Gasteiger partial charge in [-0.25, -0.2) is 0 Å². The molecule has 0 spiro atoms. The molecule has 3 rings (SSSR count). The zero-order valence-corrected chi connectivity index (χ0v) is 14.0. The third-order valence-electron chi connectivity index (χ3n) is 4.28. The highest BCUT2D eigenvalue weighted by Crippen LogP contribution is 2.25. The Morgan fingerprint density at radius 1 is 1.05 bits per heavy atom. The Morgan fingerprint density at radius 3 is 2.55 bits per heavy atom. The number of hydrogen-bond acceptors (Lipinski definition) is 1. The van der Waals surface area contributed by atoms with Crippen LogP contribution in [0.4, 0.5) is 5.69 Å². The quantitative estimate of drug-likeness (QED) is 0.814. The fourth-order valence-electron chi connectivity index (χ4n) is 2.95. The average molecular weight is 310 g/mol. The van der Waals surface area contributed by atoms with Crippen LogP contribution in [0.1, 0.15) is 41.6 Å². The zero-order valence-electron chi connectivity index (χ0n) is 13.1. The van der Waals surface area contributed by atoms with E-state index in [1.165, 1.54) is 41.5 Å². The van der Waals surface area contributed by atoms with Crippen molar-refractivity contribution < 1.29 is 0 Å². The van der Waals surface area contributed by atoms with Crippen molar-refractivity contribution in [3.8, 4) is 0 Å². The molecule has 0 aliphatic heterocycles. The molecule has 0 radical (unpaired) electrons. The van der Waals surface area contributed by atoms with Crippen molar-refractivity contribution in [2.75, 3.05) is 5.32 Å². The summed E-state index contributed by atoms with van der Waals surface area (Å²) in [5, 5.41) is 7.28. The number of benzene rings is 2. The molecular weight excluding hydrogens is 288 g/mol. The van der Waals surface area contributed by atoms with Gasteiger partial charge >= 0.3 is 0 Å². The van der Waals surface area contributed by atoms with Gasteiger partial charge < -0.3 is 10.6 Å². The summed E-state index contributed by atoms with van der Waals surface area (Å²) in [5.41, 5.74) is 6.58. The van der Waals surface area contributed by atoms with Crippen molar-refractivity contribution in [2.45, 2.75) is 39.2 Å². The van der Waals surface area contributed by atoms with Crippen LogP contribution >= 0.6 is 12.2 Å². The lowest BCUT2D eigenvalue weighted by atomic mass is 10.0. The van der Waals surface area contributed by atoms with E-state index < -0.39 is 0 Å². The maximum Gasteiger partial charge on any atom is 0.171 e. The summed E-state index contributed by atoms with van der Waals surface area (Å²) in [5.74, 6) is 0. The lowest BCUT2D eigenvalue weighted by Gasteiger charge is -2.18. The summed E-state index contributed by atoms with van der Waals surface area (Å²) < 4.78 is 0. The molecular formula is C19H22N2S. The summed E-state index contributed by atoms with van der Waals surface area (Å²) in [7, 11) is 0. The van der Waals surface area contributed by atoms with Gasteiger partial charge in [-0.3, -0.25) is 0 Å². The molecule has 2 aromatic carbocycles. The second-order valence-corrected chi connectivity index (χ2v) is 6.48. The average Bonchev–Trinajstić information content (AvgIpc) is 2.97. The van der Waals surface area contributed by atoms with Crippen molar-refractivity contribution in [2.24, 2.45) is 0 Å². The number of fused-ring (bicyclic) bond motifs is 1. The standard InChI is InChI=1S/C19H22N2S/c1-13-6-10-18(11-7-13)21-19(22)20-14(2)16-9-8-15-4-3-5-17(15)12-16/h6-12,14H,3-5H2,1-2H3,(H2,20,21,22)/t14-/m1/s1. The number of thiocarbonyl (C=S) groups is 1. The molecule has 0 saturated heterocycles. The predicted molar refractivity (Wildman–Crippen MR) is 97.4 cm³/mol. The first kappa shape index (κ1) is 15.0. The predicted octanol–water partition coefficient (Wildman–Crippen LogP) is 4.53. The van der Waals surface area contributed by atoms with E-state index in [4.69, 9.17) is 12.2 Å². The van der Waals surface area contributed by atoms with Gasteiger partial charge in [-0.1, -0.05) is 35.9 Å². The molecule has 114 valence electrons. The van der Waals surface area contributed by atoms with Gasteiger partial charge in [-0.2, -0.15) is 0 Å². The molecule has 3 heteroatoms. The fourth-order valence-corrected chi connectivity index (χ4v) is 3.24. The molecule has 2 aromatic rings. The minimum Gasteiger partial charge on any atom is -0.356 e. The molecule has 22 heavy (non-hydrogen) atoms. The van der Waals surface area contributed by atoms with E-state index in [0.29, 0.717) is 5.11 Å². The van der Waals surface area contributed by atoms with Gasteiger partial charge in [0.2, 0.25) is 0 Å². The van der Waals surface area contributed by atoms with Gasteiger partial charge in [-0.15, -0.1) is 0 Å². The highest BCUT2D eigenvalue weighted by Gasteiger charge is 2.14. The Balaban J connectivity index is 1.62. The van der Waals surface area contributed by atoms with Crippen molar-refractivity contribution in [3.05, 3.63) is 64.7 Å². The van der Waals surface area contributed by atoms with Crippen molar-refractivity contribution in [1.29, 1.82) is 0 Å². The lowest BCUT2D eigenvalue weighted by molar-refractivity contribution is 0.721. The van der Waals surface area contributed by atoms with E-state index >= 15 is 0 Å². The number of nitrogens with one attached hydrogen (secondary N) is 2. The van der Waals surface area contributed by atoms with E-state index in [0.717, 1.165) is 5.69 Å². The molecule has 1 atom stereocenters. The smallest absolute Gasteiger partial charge is 0.171 e. The molecule has 1 aliphatic carbocycles. The van der Waals surface area contributed by atoms with Crippen molar-refractivity contribution in [1.82, 2.24) is 5.32 Å². The summed E-state index contributed by atoms with van der Waals surface area (Å²) in [6.07, 6.45) is 3.72. The highest BCUT2D eigenvalue weighted by atomic mass is 32.1. The Labute approximate surface area is 137 Å². The molecule has 0 aromatic heterocycles. The van der Waals surface area contributed by atoms with E-state index in [9.17, 15) is 0 Å². The Hall–Kier alpha value is -1.87. The Morgan fingerprint density at radius 2 is 1.77 bits per heavy atom. The Kier molecular flexibility index (Phi) is 4.44. The van der Waals surface area contributed by atoms with Gasteiger partial charge in [0.1, 0.15) is 0 Å². The summed E-state index contributed by atoms with van der Waals surface area (Å²) in [6, 6.07) is 15.3. The second-order valence-electron chi connectivity index (χ2n) is 6.07. The highest BCUT2D eigenvalue weighted by molar-refractivity contribution is 7.80. The summed E-state index contributed by atoms with van der Waals surface area (Å²) in [4.78, 5) is 0. The first-order valence-electron chi connectivity index (χ1n) is 7.88. The number of aryl methyl sites for hydroxylation is 3. The molecule has 1 aliphatic rings. The van der Waals surface area contributed by atoms with Crippen LogP contribution < -0.4 is 10.6 Å². The van der Waals surface area contributed by atoms with E-state index in [1.807, 2.05) is 12.1 Å². The van der Waals surface area contributed by atoms with E-state index in [1.54, 1.807) is 0 Å². The molecule has 0 bridgehead atoms. The summed E-state index contributed by atoms with van der Waals surface area (Å²) in [6.45, 7) is 4.23. The maximum atomic E-state index is 5.42. The zero-order chi connectivity index (χ0) is 15.5. The van der Waals surface area contributed by atoms with Crippen LogP contribution in [0.15, 0.2) is 42.5 Å². The minimum atomic E-state index is 0.205. The molecule has 0 amide bonds. The SMILES string of the molecule is Cc1ccc(NC(=S)N[C@H](C)c2ccc3c(c2)CCC3)cc1. The van der Waals surface area contributed by atoms with Gasteiger partial charge in [0.05, 0.1) is 6.04 Å². The van der Waals surface area contributed by atoms with Crippen LogP contribution in [0, 0.1) is 6.92 Å². The van der Waals surface area contributed by atoms with Gasteiger partial charge in [0.25, 0.3) is 0 Å². The first-order chi connectivity index (χ1) is 10.6. The second kappa shape index (κ2) is 6.49. The van der Waals surface area contributed by atoms with E-state index in [-0.39, 0.29) is 6.04 Å². The van der Waals surface area contributed by atoms with Crippen LogP contribution in [-0.4, -0.2) is 5.11 Å². The number of anilines is 1. The topological polar surface area (TPSA) is 24.1 Å². The van der Waals surface area contributed by atoms with Gasteiger partial charge in [-0.05, 0) is 74.2 Å². The third kappa shape index (κ3) is 3.47. The molecule has 0 unspecified atom stereocenters. The largest absolute Gasteiger partial charge is 0.356 e. The summed E-state index contributed by atoms with van der Waals surface area (Å²) >= 11 is 5.42. The normalized spacial score (nSPS) is 14.3. The van der Waals surface area contributed by atoms with Crippen LogP contribution in [0.25, 0.3) is 0 Å². The Bertz CT molecular complexity index is 676. The molecule has 2 nitrogen and oxygen atoms in total. The van der Waals surface area contributed by atoms with Crippen molar-refractivity contribution >= 4 is 23.0 Å². The molecule has 2 N–H and O–H groups in total. The van der Waals surface area contributed by atoms with Gasteiger partial charge in [0, 0.05) is 5.69 Å². The fraction of sp³-hybridized carbons (Fsp3) is 0.316. The van der Waals surface area contributed by atoms with Crippen molar-refractivity contribution in [3.63, 3.8) is 0 Å². The van der Waals surface area contributed by atoms with E-state index in [2.05, 4.69) is 54.8 Å². The third-order valence-corrected chi connectivity index (χ3v) is 4.50. The minimum absolute atomic E-state index is 0.205. The first-order valence-corrected chi connectivity index (χ1v) is 8.28.